The second kappa shape index (κ2) is 4.28. The molecular weight excluding hydrogens is 217 g/mol. The summed E-state index contributed by atoms with van der Waals surface area (Å²) in [5, 5.41) is 8.20. The zero-order chi connectivity index (χ0) is 12.5. The molecule has 3 nitrogen and oxygen atoms in total. The number of hydrogen-bond acceptors (Lipinski definition) is 2. The van der Waals surface area contributed by atoms with Crippen LogP contribution in [0.25, 0.3) is 11.3 Å². The monoisotopic (exact) mass is 233 g/mol. The average molecular weight is 233 g/mol. The van der Waals surface area contributed by atoms with Crippen molar-refractivity contribution in [2.24, 2.45) is 0 Å². The van der Waals surface area contributed by atoms with E-state index in [1.54, 1.807) is 6.07 Å². The smallest absolute Gasteiger partial charge is 0.123 e. The summed E-state index contributed by atoms with van der Waals surface area (Å²) in [6.45, 7) is 6.29. The fraction of sp³-hybridized carbons (Fsp3) is 0.385. The van der Waals surface area contributed by atoms with E-state index in [0.29, 0.717) is 5.69 Å². The lowest BCUT2D eigenvalue weighted by Gasteiger charge is -2.22. The van der Waals surface area contributed by atoms with Crippen LogP contribution < -0.4 is 0 Å². The van der Waals surface area contributed by atoms with Crippen molar-refractivity contribution in [2.75, 3.05) is 0 Å². The van der Waals surface area contributed by atoms with Gasteiger partial charge >= 0.3 is 0 Å². The van der Waals surface area contributed by atoms with Gasteiger partial charge in [-0.3, -0.25) is 0 Å². The maximum absolute atomic E-state index is 13.1. The first-order valence-corrected chi connectivity index (χ1v) is 5.72. The Morgan fingerprint density at radius 1 is 1.35 bits per heavy atom. The van der Waals surface area contributed by atoms with E-state index in [0.717, 1.165) is 12.0 Å². The van der Waals surface area contributed by atoms with Crippen LogP contribution in [0, 0.1) is 5.82 Å². The average Bonchev–Trinajstić information content (AvgIpc) is 2.79. The third kappa shape index (κ3) is 2.35. The molecule has 2 aromatic rings. The molecule has 2 rings (SSSR count). The number of halogens is 1. The number of rotatable bonds is 3. The summed E-state index contributed by atoms with van der Waals surface area (Å²) in [5.41, 5.74) is 1.38. The highest BCUT2D eigenvalue weighted by molar-refractivity contribution is 5.57. The Labute approximate surface area is 100 Å². The predicted molar refractivity (Wildman–Crippen MR) is 65.0 cm³/mol. The van der Waals surface area contributed by atoms with Gasteiger partial charge in [-0.1, -0.05) is 24.3 Å². The van der Waals surface area contributed by atoms with Crippen molar-refractivity contribution in [1.82, 2.24) is 15.0 Å². The largest absolute Gasteiger partial charge is 0.246 e. The molecule has 1 aromatic carbocycles. The van der Waals surface area contributed by atoms with Gasteiger partial charge in [-0.05, 0) is 32.4 Å². The molecule has 0 aliphatic heterocycles. The number of benzene rings is 1. The maximum Gasteiger partial charge on any atom is 0.123 e. The lowest BCUT2D eigenvalue weighted by molar-refractivity contribution is 0.301. The first kappa shape index (κ1) is 11.8. The molecule has 17 heavy (non-hydrogen) atoms. The molecule has 1 aromatic heterocycles. The third-order valence-corrected chi connectivity index (χ3v) is 3.10. The van der Waals surface area contributed by atoms with E-state index in [1.807, 2.05) is 16.9 Å². The van der Waals surface area contributed by atoms with Crippen LogP contribution in [0.4, 0.5) is 4.39 Å². The zero-order valence-electron chi connectivity index (χ0n) is 10.3. The van der Waals surface area contributed by atoms with Crippen LogP contribution in [0.15, 0.2) is 30.5 Å². The van der Waals surface area contributed by atoms with Gasteiger partial charge in [0.1, 0.15) is 11.5 Å². The van der Waals surface area contributed by atoms with Crippen molar-refractivity contribution in [3.8, 4) is 11.3 Å². The SMILES string of the molecule is CCC(C)(C)n1cc(-c2cccc(F)c2)nn1. The quantitative estimate of drug-likeness (QED) is 0.814. The summed E-state index contributed by atoms with van der Waals surface area (Å²) in [6.07, 6.45) is 2.82. The molecule has 0 aliphatic carbocycles. The molecule has 0 bridgehead atoms. The molecular formula is C13H16FN3. The molecule has 0 N–H and O–H groups in total. The Balaban J connectivity index is 2.36. The third-order valence-electron chi connectivity index (χ3n) is 3.10. The fourth-order valence-corrected chi connectivity index (χ4v) is 1.50. The van der Waals surface area contributed by atoms with Crippen LogP contribution in [0.5, 0.6) is 0 Å². The van der Waals surface area contributed by atoms with Gasteiger partial charge in [-0.2, -0.15) is 0 Å². The predicted octanol–water partition coefficient (Wildman–Crippen LogP) is 3.23. The van der Waals surface area contributed by atoms with E-state index < -0.39 is 0 Å². The van der Waals surface area contributed by atoms with Crippen molar-refractivity contribution in [2.45, 2.75) is 32.7 Å². The molecule has 0 spiro atoms. The second-order valence-corrected chi connectivity index (χ2v) is 4.72. The molecule has 90 valence electrons. The Kier molecular flexibility index (Phi) is 2.96. The van der Waals surface area contributed by atoms with E-state index in [9.17, 15) is 4.39 Å². The lowest BCUT2D eigenvalue weighted by Crippen LogP contribution is -2.25. The summed E-state index contributed by atoms with van der Waals surface area (Å²) in [7, 11) is 0. The Hall–Kier alpha value is -1.71. The molecule has 0 saturated heterocycles. The molecule has 4 heteroatoms. The van der Waals surface area contributed by atoms with Crippen LogP contribution in [0.2, 0.25) is 0 Å². The minimum absolute atomic E-state index is 0.0709. The van der Waals surface area contributed by atoms with E-state index in [1.165, 1.54) is 12.1 Å². The van der Waals surface area contributed by atoms with Crippen molar-refractivity contribution >= 4 is 0 Å². The van der Waals surface area contributed by atoms with E-state index >= 15 is 0 Å². The van der Waals surface area contributed by atoms with Crippen molar-refractivity contribution < 1.29 is 4.39 Å². The van der Waals surface area contributed by atoms with E-state index in [4.69, 9.17) is 0 Å². The fourth-order valence-electron chi connectivity index (χ4n) is 1.50. The molecule has 0 aliphatic rings. The van der Waals surface area contributed by atoms with Crippen molar-refractivity contribution in [3.63, 3.8) is 0 Å². The summed E-state index contributed by atoms with van der Waals surface area (Å²) in [6, 6.07) is 6.39. The maximum atomic E-state index is 13.1. The van der Waals surface area contributed by atoms with Crippen molar-refractivity contribution in [3.05, 3.63) is 36.3 Å². The highest BCUT2D eigenvalue weighted by Gasteiger charge is 2.19. The summed E-state index contributed by atoms with van der Waals surface area (Å²) in [4.78, 5) is 0. The lowest BCUT2D eigenvalue weighted by atomic mass is 10.0. The summed E-state index contributed by atoms with van der Waals surface area (Å²) >= 11 is 0. The first-order valence-electron chi connectivity index (χ1n) is 5.72. The van der Waals surface area contributed by atoms with Gasteiger partial charge < -0.3 is 0 Å². The van der Waals surface area contributed by atoms with Gasteiger partial charge in [-0.15, -0.1) is 5.10 Å². The van der Waals surface area contributed by atoms with Gasteiger partial charge in [0.05, 0.1) is 11.7 Å². The zero-order valence-corrected chi connectivity index (χ0v) is 10.3. The molecule has 1 heterocycles. The number of hydrogen-bond donors (Lipinski definition) is 0. The highest BCUT2D eigenvalue weighted by atomic mass is 19.1. The van der Waals surface area contributed by atoms with Crippen LogP contribution in [0.1, 0.15) is 27.2 Å². The minimum atomic E-state index is -0.258. The molecule has 0 unspecified atom stereocenters. The van der Waals surface area contributed by atoms with Gasteiger partial charge in [-0.25, -0.2) is 9.07 Å². The molecule has 0 saturated carbocycles. The topological polar surface area (TPSA) is 30.7 Å². The molecule has 0 amide bonds. The minimum Gasteiger partial charge on any atom is -0.246 e. The standard InChI is InChI=1S/C13H16FN3/c1-4-13(2,3)17-9-12(15-16-17)10-6-5-7-11(14)8-10/h5-9H,4H2,1-3H3. The second-order valence-electron chi connectivity index (χ2n) is 4.72. The van der Waals surface area contributed by atoms with Gasteiger partial charge in [0.25, 0.3) is 0 Å². The molecule has 0 atom stereocenters. The summed E-state index contributed by atoms with van der Waals surface area (Å²) in [5.74, 6) is -0.258. The van der Waals surface area contributed by atoms with Gasteiger partial charge in [0.2, 0.25) is 0 Å². The first-order chi connectivity index (χ1) is 8.03. The van der Waals surface area contributed by atoms with E-state index in [-0.39, 0.29) is 11.4 Å². The summed E-state index contributed by atoms with van der Waals surface area (Å²) < 4.78 is 14.9. The Morgan fingerprint density at radius 2 is 2.12 bits per heavy atom. The number of aromatic nitrogens is 3. The van der Waals surface area contributed by atoms with Crippen LogP contribution in [-0.4, -0.2) is 15.0 Å². The molecule has 0 radical (unpaired) electrons. The van der Waals surface area contributed by atoms with Gasteiger partial charge in [0, 0.05) is 5.56 Å². The van der Waals surface area contributed by atoms with Crippen LogP contribution in [-0.2, 0) is 5.54 Å². The van der Waals surface area contributed by atoms with Gasteiger partial charge in [0.15, 0.2) is 0 Å². The van der Waals surface area contributed by atoms with Crippen molar-refractivity contribution in [1.29, 1.82) is 0 Å². The molecule has 0 fully saturated rings. The Morgan fingerprint density at radius 3 is 2.76 bits per heavy atom. The highest BCUT2D eigenvalue weighted by Crippen LogP contribution is 2.22. The normalized spacial score (nSPS) is 11.8. The van der Waals surface area contributed by atoms with E-state index in [2.05, 4.69) is 31.1 Å². The number of nitrogens with zero attached hydrogens (tertiary/aromatic N) is 3. The van der Waals surface area contributed by atoms with Crippen LogP contribution >= 0.6 is 0 Å². The Bertz CT molecular complexity index is 517. The van der Waals surface area contributed by atoms with Crippen LogP contribution in [0.3, 0.4) is 0 Å².